The molecule has 3 amide bonds. The Labute approximate surface area is 169 Å². The van der Waals surface area contributed by atoms with Crippen molar-refractivity contribution in [3.05, 3.63) is 29.8 Å². The number of benzene rings is 1. The van der Waals surface area contributed by atoms with E-state index in [0.717, 1.165) is 12.1 Å². The lowest BCUT2D eigenvalue weighted by Gasteiger charge is -2.20. The van der Waals surface area contributed by atoms with Crippen molar-refractivity contribution in [1.29, 1.82) is 5.26 Å². The van der Waals surface area contributed by atoms with Crippen LogP contribution in [0.25, 0.3) is 0 Å². The fourth-order valence-electron chi connectivity index (χ4n) is 2.90. The number of anilines is 1. The smallest absolute Gasteiger partial charge is 0.326 e. The second kappa shape index (κ2) is 10.2. The molecule has 1 aliphatic rings. The summed E-state index contributed by atoms with van der Waals surface area (Å²) in [7, 11) is 1.52. The van der Waals surface area contributed by atoms with E-state index in [1.807, 2.05) is 6.07 Å². The van der Waals surface area contributed by atoms with E-state index in [1.54, 1.807) is 29.2 Å². The Hall–Kier alpha value is -3.41. The molecule has 0 saturated carbocycles. The van der Waals surface area contributed by atoms with Crippen LogP contribution < -0.4 is 10.2 Å². The first-order chi connectivity index (χ1) is 13.8. The number of nitrogens with one attached hydrogen (secondary N) is 1. The lowest BCUT2D eigenvalue weighted by Crippen LogP contribution is -2.40. The van der Waals surface area contributed by atoms with Gasteiger partial charge < -0.3 is 19.9 Å². The van der Waals surface area contributed by atoms with E-state index in [1.165, 1.54) is 18.9 Å². The van der Waals surface area contributed by atoms with Gasteiger partial charge in [-0.25, -0.2) is 0 Å². The second-order valence-electron chi connectivity index (χ2n) is 6.68. The number of hydrogen-bond donors (Lipinski definition) is 1. The first-order valence-electron chi connectivity index (χ1n) is 9.33. The van der Waals surface area contributed by atoms with Crippen molar-refractivity contribution in [2.45, 2.75) is 32.3 Å². The number of ether oxygens (including phenoxy) is 1. The minimum atomic E-state index is -1.01. The molecule has 9 heteroatoms. The number of esters is 1. The third-order valence-electron chi connectivity index (χ3n) is 4.50. The van der Waals surface area contributed by atoms with Gasteiger partial charge in [0.05, 0.1) is 12.5 Å². The summed E-state index contributed by atoms with van der Waals surface area (Å²) >= 11 is 0. The highest BCUT2D eigenvalue weighted by molar-refractivity contribution is 5.98. The maximum atomic E-state index is 12.2. The largest absolute Gasteiger partial charge is 0.451 e. The van der Waals surface area contributed by atoms with Crippen molar-refractivity contribution < 1.29 is 23.9 Å². The molecule has 0 unspecified atom stereocenters. The molecule has 0 spiro atoms. The molecule has 0 bridgehead atoms. The lowest BCUT2D eigenvalue weighted by molar-refractivity contribution is -0.157. The van der Waals surface area contributed by atoms with E-state index in [0.29, 0.717) is 18.5 Å². The van der Waals surface area contributed by atoms with E-state index in [4.69, 9.17) is 10.00 Å². The van der Waals surface area contributed by atoms with Gasteiger partial charge >= 0.3 is 5.97 Å². The summed E-state index contributed by atoms with van der Waals surface area (Å²) in [5, 5.41) is 11.0. The zero-order chi connectivity index (χ0) is 21.4. The fourth-order valence-corrected chi connectivity index (χ4v) is 2.90. The maximum Gasteiger partial charge on any atom is 0.326 e. The molecular weight excluding hydrogens is 376 g/mol. The molecule has 1 atom stereocenters. The molecule has 0 aliphatic carbocycles. The number of hydrogen-bond acceptors (Lipinski definition) is 6. The van der Waals surface area contributed by atoms with Crippen LogP contribution in [0.1, 0.15) is 36.5 Å². The third kappa shape index (κ3) is 6.04. The lowest BCUT2D eigenvalue weighted by atomic mass is 10.2. The SMILES string of the molecule is C[C@@H](OC(=O)CNC(=O)c1ccc(N2CCCC2=O)cc1)C(=O)N(C)CCC#N. The summed E-state index contributed by atoms with van der Waals surface area (Å²) in [5.41, 5.74) is 1.07. The number of carbonyl (C=O) groups is 4. The molecule has 1 fully saturated rings. The summed E-state index contributed by atoms with van der Waals surface area (Å²) in [5.74, 6) is -1.57. The topological polar surface area (TPSA) is 120 Å². The van der Waals surface area contributed by atoms with Gasteiger partial charge in [-0.2, -0.15) is 5.26 Å². The quantitative estimate of drug-likeness (QED) is 0.646. The molecule has 154 valence electrons. The van der Waals surface area contributed by atoms with Gasteiger partial charge in [-0.3, -0.25) is 19.2 Å². The molecule has 0 radical (unpaired) electrons. The van der Waals surface area contributed by atoms with E-state index in [2.05, 4.69) is 5.32 Å². The summed E-state index contributed by atoms with van der Waals surface area (Å²) in [4.78, 5) is 50.8. The Bertz CT molecular complexity index is 815. The molecule has 1 aromatic carbocycles. The van der Waals surface area contributed by atoms with Crippen molar-refractivity contribution in [3.63, 3.8) is 0 Å². The van der Waals surface area contributed by atoms with Crippen molar-refractivity contribution in [2.24, 2.45) is 0 Å². The Kier molecular flexibility index (Phi) is 7.71. The van der Waals surface area contributed by atoms with Gasteiger partial charge in [0.25, 0.3) is 11.8 Å². The fraction of sp³-hybridized carbons (Fsp3) is 0.450. The van der Waals surface area contributed by atoms with E-state index in [9.17, 15) is 19.2 Å². The molecule has 1 aromatic rings. The monoisotopic (exact) mass is 400 g/mol. The van der Waals surface area contributed by atoms with Crippen molar-refractivity contribution in [2.75, 3.05) is 31.6 Å². The minimum absolute atomic E-state index is 0.0619. The molecule has 1 aliphatic heterocycles. The Balaban J connectivity index is 1.80. The normalized spacial score (nSPS) is 14.1. The molecule has 1 N–H and O–H groups in total. The number of nitrogens with zero attached hydrogens (tertiary/aromatic N) is 3. The highest BCUT2D eigenvalue weighted by Gasteiger charge is 2.23. The Morgan fingerprint density at radius 3 is 2.59 bits per heavy atom. The van der Waals surface area contributed by atoms with Crippen LogP contribution in [0.2, 0.25) is 0 Å². The highest BCUT2D eigenvalue weighted by atomic mass is 16.5. The number of amides is 3. The summed E-state index contributed by atoms with van der Waals surface area (Å²) < 4.78 is 5.03. The minimum Gasteiger partial charge on any atom is -0.451 e. The second-order valence-corrected chi connectivity index (χ2v) is 6.68. The van der Waals surface area contributed by atoms with E-state index < -0.39 is 23.9 Å². The summed E-state index contributed by atoms with van der Waals surface area (Å²) in [6, 6.07) is 8.47. The van der Waals surface area contributed by atoms with Crippen LogP contribution in [0.5, 0.6) is 0 Å². The summed E-state index contributed by atoms with van der Waals surface area (Å²) in [6.07, 6.45) is 0.516. The van der Waals surface area contributed by atoms with Gasteiger partial charge in [-0.05, 0) is 37.6 Å². The molecule has 1 heterocycles. The Morgan fingerprint density at radius 2 is 2.00 bits per heavy atom. The van der Waals surface area contributed by atoms with Crippen LogP contribution in [0.4, 0.5) is 5.69 Å². The van der Waals surface area contributed by atoms with Crippen LogP contribution in [-0.4, -0.2) is 61.4 Å². The predicted molar refractivity (Wildman–Crippen MR) is 104 cm³/mol. The van der Waals surface area contributed by atoms with Crippen LogP contribution in [-0.2, 0) is 19.1 Å². The van der Waals surface area contributed by atoms with Gasteiger partial charge in [0.2, 0.25) is 5.91 Å². The molecule has 9 nitrogen and oxygen atoms in total. The zero-order valence-corrected chi connectivity index (χ0v) is 16.5. The van der Waals surface area contributed by atoms with Gasteiger partial charge in [-0.1, -0.05) is 0 Å². The van der Waals surface area contributed by atoms with Gasteiger partial charge in [0.1, 0.15) is 6.54 Å². The number of rotatable bonds is 8. The van der Waals surface area contributed by atoms with Crippen LogP contribution in [0.3, 0.4) is 0 Å². The molecule has 0 aromatic heterocycles. The third-order valence-corrected chi connectivity index (χ3v) is 4.50. The van der Waals surface area contributed by atoms with Gasteiger partial charge in [-0.15, -0.1) is 0 Å². The van der Waals surface area contributed by atoms with Crippen molar-refractivity contribution in [3.8, 4) is 6.07 Å². The molecule has 29 heavy (non-hydrogen) atoms. The van der Waals surface area contributed by atoms with Crippen LogP contribution in [0.15, 0.2) is 24.3 Å². The van der Waals surface area contributed by atoms with Gasteiger partial charge in [0.15, 0.2) is 6.10 Å². The first-order valence-corrected chi connectivity index (χ1v) is 9.33. The standard InChI is InChI=1S/C20H24N4O5/c1-14(20(28)23(2)11-4-10-21)29-18(26)13-22-19(27)15-6-8-16(9-7-15)24-12-3-5-17(24)25/h6-9,14H,3-5,11-13H2,1-2H3,(H,22,27)/t14-/m1/s1. The zero-order valence-electron chi connectivity index (χ0n) is 16.5. The molecule has 2 rings (SSSR count). The number of carbonyl (C=O) groups excluding carboxylic acids is 4. The van der Waals surface area contributed by atoms with Crippen molar-refractivity contribution in [1.82, 2.24) is 10.2 Å². The predicted octanol–water partition coefficient (Wildman–Crippen LogP) is 0.847. The number of nitriles is 1. The maximum absolute atomic E-state index is 12.2. The van der Waals surface area contributed by atoms with Gasteiger partial charge in [0, 0.05) is 37.8 Å². The Morgan fingerprint density at radius 1 is 1.31 bits per heavy atom. The number of likely N-dealkylation sites (N-methyl/N-ethyl adjacent to an activating group) is 1. The van der Waals surface area contributed by atoms with Crippen molar-refractivity contribution >= 4 is 29.4 Å². The van der Waals surface area contributed by atoms with Crippen LogP contribution >= 0.6 is 0 Å². The van der Waals surface area contributed by atoms with E-state index >= 15 is 0 Å². The summed E-state index contributed by atoms with van der Waals surface area (Å²) in [6.45, 7) is 1.96. The highest BCUT2D eigenvalue weighted by Crippen LogP contribution is 2.21. The van der Waals surface area contributed by atoms with E-state index in [-0.39, 0.29) is 25.4 Å². The van der Waals surface area contributed by atoms with Crippen LogP contribution in [0, 0.1) is 11.3 Å². The average molecular weight is 400 g/mol. The first kappa shape index (κ1) is 21.9. The molecule has 1 saturated heterocycles. The molecular formula is C20H24N4O5. The average Bonchev–Trinajstić information content (AvgIpc) is 3.15.